The fraction of sp³-hybridized carbons (Fsp3) is 0.500. The number of amides is 1. The van der Waals surface area contributed by atoms with Gasteiger partial charge in [-0.15, -0.1) is 0 Å². The van der Waals surface area contributed by atoms with Crippen LogP contribution in [0, 0.1) is 0 Å². The predicted molar refractivity (Wildman–Crippen MR) is 79.1 cm³/mol. The quantitative estimate of drug-likeness (QED) is 0.740. The van der Waals surface area contributed by atoms with Gasteiger partial charge < -0.3 is 15.4 Å². The first-order valence-corrected chi connectivity index (χ1v) is 8.80. The van der Waals surface area contributed by atoms with Gasteiger partial charge in [0.2, 0.25) is 5.91 Å². The highest BCUT2D eigenvalue weighted by Gasteiger charge is 2.21. The Kier molecular flexibility index (Phi) is 5.19. The lowest BCUT2D eigenvalue weighted by atomic mass is 10.2. The molecule has 0 saturated carbocycles. The molecule has 6 nitrogen and oxygen atoms in total. The summed E-state index contributed by atoms with van der Waals surface area (Å²) >= 11 is 0. The number of rotatable bonds is 6. The first kappa shape index (κ1) is 15.8. The molecular weight excluding hydrogens is 292 g/mol. The number of benzene rings is 1. The molecule has 0 aromatic heterocycles. The van der Waals surface area contributed by atoms with E-state index in [4.69, 9.17) is 4.74 Å². The summed E-state index contributed by atoms with van der Waals surface area (Å²) in [6.07, 6.45) is 3.07. The molecule has 0 spiro atoms. The largest absolute Gasteiger partial charge is 0.492 e. The molecule has 7 heteroatoms. The van der Waals surface area contributed by atoms with Gasteiger partial charge in [-0.05, 0) is 43.7 Å². The molecule has 0 aliphatic carbocycles. The number of sulfone groups is 1. The zero-order valence-electron chi connectivity index (χ0n) is 12.0. The molecule has 1 heterocycles. The van der Waals surface area contributed by atoms with Crippen LogP contribution in [0.5, 0.6) is 5.75 Å². The normalized spacial score (nSPS) is 18.4. The molecule has 1 saturated heterocycles. The van der Waals surface area contributed by atoms with Crippen molar-refractivity contribution < 1.29 is 17.9 Å². The van der Waals surface area contributed by atoms with Crippen molar-refractivity contribution in [1.29, 1.82) is 0 Å². The van der Waals surface area contributed by atoms with Gasteiger partial charge in [-0.2, -0.15) is 0 Å². The molecule has 2 rings (SSSR count). The van der Waals surface area contributed by atoms with E-state index < -0.39 is 9.84 Å². The number of hydrogen-bond acceptors (Lipinski definition) is 5. The zero-order valence-corrected chi connectivity index (χ0v) is 12.8. The SMILES string of the molecule is CS(=O)(=O)c1ccc(OCCNC(=O)C2CCCN2)cc1. The van der Waals surface area contributed by atoms with Crippen molar-refractivity contribution in [2.75, 3.05) is 26.0 Å². The standard InChI is InChI=1S/C14H20N2O4S/c1-21(18,19)12-6-4-11(5-7-12)20-10-9-16-14(17)13-3-2-8-15-13/h4-7,13,15H,2-3,8-10H2,1H3,(H,16,17). The Morgan fingerprint density at radius 3 is 2.67 bits per heavy atom. The summed E-state index contributed by atoms with van der Waals surface area (Å²) in [6, 6.07) is 6.14. The van der Waals surface area contributed by atoms with Crippen molar-refractivity contribution in [3.63, 3.8) is 0 Å². The van der Waals surface area contributed by atoms with E-state index in [1.54, 1.807) is 12.1 Å². The highest BCUT2D eigenvalue weighted by Crippen LogP contribution is 2.15. The smallest absolute Gasteiger partial charge is 0.237 e. The predicted octanol–water partition coefficient (Wildman–Crippen LogP) is 0.337. The summed E-state index contributed by atoms with van der Waals surface area (Å²) in [6.45, 7) is 1.66. The number of nitrogens with one attached hydrogen (secondary N) is 2. The third-order valence-corrected chi connectivity index (χ3v) is 4.43. The lowest BCUT2D eigenvalue weighted by molar-refractivity contribution is -0.122. The molecule has 1 aromatic rings. The van der Waals surface area contributed by atoms with Crippen LogP contribution in [0.1, 0.15) is 12.8 Å². The van der Waals surface area contributed by atoms with Gasteiger partial charge in [0.05, 0.1) is 17.5 Å². The second kappa shape index (κ2) is 6.91. The van der Waals surface area contributed by atoms with Crippen LogP contribution < -0.4 is 15.4 Å². The van der Waals surface area contributed by atoms with Gasteiger partial charge in [-0.3, -0.25) is 4.79 Å². The number of carbonyl (C=O) groups is 1. The van der Waals surface area contributed by atoms with Crippen molar-refractivity contribution >= 4 is 15.7 Å². The van der Waals surface area contributed by atoms with Crippen LogP contribution in [0.2, 0.25) is 0 Å². The summed E-state index contributed by atoms with van der Waals surface area (Å²) in [5.74, 6) is 0.583. The maximum absolute atomic E-state index is 11.7. The highest BCUT2D eigenvalue weighted by atomic mass is 32.2. The van der Waals surface area contributed by atoms with Crippen LogP contribution in [0.4, 0.5) is 0 Å². The van der Waals surface area contributed by atoms with Crippen molar-refractivity contribution in [2.24, 2.45) is 0 Å². The van der Waals surface area contributed by atoms with E-state index in [-0.39, 0.29) is 16.8 Å². The summed E-state index contributed by atoms with van der Waals surface area (Å²) in [7, 11) is -3.18. The van der Waals surface area contributed by atoms with Crippen LogP contribution in [0.15, 0.2) is 29.2 Å². The first-order valence-electron chi connectivity index (χ1n) is 6.91. The first-order chi connectivity index (χ1) is 9.97. The van der Waals surface area contributed by atoms with Gasteiger partial charge in [-0.25, -0.2) is 8.42 Å². The maximum Gasteiger partial charge on any atom is 0.237 e. The average molecular weight is 312 g/mol. The van der Waals surface area contributed by atoms with Gasteiger partial charge >= 0.3 is 0 Å². The van der Waals surface area contributed by atoms with E-state index in [1.165, 1.54) is 12.1 Å². The van der Waals surface area contributed by atoms with Crippen molar-refractivity contribution in [2.45, 2.75) is 23.8 Å². The second-order valence-corrected chi connectivity index (χ2v) is 7.05. The van der Waals surface area contributed by atoms with Crippen molar-refractivity contribution in [3.05, 3.63) is 24.3 Å². The molecule has 1 aliphatic rings. The van der Waals surface area contributed by atoms with Crippen LogP contribution in [0.3, 0.4) is 0 Å². The van der Waals surface area contributed by atoms with Crippen LogP contribution in [0.25, 0.3) is 0 Å². The Morgan fingerprint density at radius 2 is 2.10 bits per heavy atom. The topological polar surface area (TPSA) is 84.5 Å². The molecule has 1 aromatic carbocycles. The monoisotopic (exact) mass is 312 g/mol. The molecule has 1 fully saturated rings. The minimum Gasteiger partial charge on any atom is -0.492 e. The summed E-state index contributed by atoms with van der Waals surface area (Å²) in [4.78, 5) is 12.0. The van der Waals surface area contributed by atoms with Gasteiger partial charge in [0.25, 0.3) is 0 Å². The Morgan fingerprint density at radius 1 is 1.38 bits per heavy atom. The molecule has 116 valence electrons. The Hall–Kier alpha value is -1.60. The Bertz CT molecular complexity index is 577. The lowest BCUT2D eigenvalue weighted by Gasteiger charge is -2.11. The van der Waals surface area contributed by atoms with Crippen LogP contribution in [-0.4, -0.2) is 46.3 Å². The summed E-state index contributed by atoms with van der Waals surface area (Å²) in [5, 5.41) is 5.93. The van der Waals surface area contributed by atoms with Crippen LogP contribution >= 0.6 is 0 Å². The molecule has 2 N–H and O–H groups in total. The number of hydrogen-bond donors (Lipinski definition) is 2. The fourth-order valence-electron chi connectivity index (χ4n) is 2.16. The number of ether oxygens (including phenoxy) is 1. The van der Waals surface area contributed by atoms with E-state index in [9.17, 15) is 13.2 Å². The second-order valence-electron chi connectivity index (χ2n) is 5.03. The molecule has 1 atom stereocenters. The fourth-order valence-corrected chi connectivity index (χ4v) is 2.79. The van der Waals surface area contributed by atoms with Gasteiger partial charge in [0.1, 0.15) is 12.4 Å². The third-order valence-electron chi connectivity index (χ3n) is 3.30. The molecule has 1 unspecified atom stereocenters. The highest BCUT2D eigenvalue weighted by molar-refractivity contribution is 7.90. The number of carbonyl (C=O) groups excluding carboxylic acids is 1. The van der Waals surface area contributed by atoms with Crippen LogP contribution in [-0.2, 0) is 14.6 Å². The van der Waals surface area contributed by atoms with E-state index >= 15 is 0 Å². The van der Waals surface area contributed by atoms with Crippen molar-refractivity contribution in [3.8, 4) is 5.75 Å². The van der Waals surface area contributed by atoms with Gasteiger partial charge in [0.15, 0.2) is 9.84 Å². The van der Waals surface area contributed by atoms with Crippen molar-refractivity contribution in [1.82, 2.24) is 10.6 Å². The van der Waals surface area contributed by atoms with E-state index in [0.29, 0.717) is 18.9 Å². The molecular formula is C14H20N2O4S. The zero-order chi connectivity index (χ0) is 15.3. The molecule has 0 bridgehead atoms. The molecule has 0 radical (unpaired) electrons. The molecule has 1 amide bonds. The Balaban J connectivity index is 1.72. The average Bonchev–Trinajstić information content (AvgIpc) is 2.97. The lowest BCUT2D eigenvalue weighted by Crippen LogP contribution is -2.41. The minimum atomic E-state index is -3.18. The van der Waals surface area contributed by atoms with E-state index in [1.807, 2.05) is 0 Å². The minimum absolute atomic E-state index is 0.00326. The Labute approximate surface area is 124 Å². The van der Waals surface area contributed by atoms with E-state index in [0.717, 1.165) is 25.6 Å². The van der Waals surface area contributed by atoms with Gasteiger partial charge in [0, 0.05) is 6.26 Å². The molecule has 21 heavy (non-hydrogen) atoms. The summed E-state index contributed by atoms with van der Waals surface area (Å²) in [5.41, 5.74) is 0. The van der Waals surface area contributed by atoms with E-state index in [2.05, 4.69) is 10.6 Å². The maximum atomic E-state index is 11.7. The molecule has 1 aliphatic heterocycles. The third kappa shape index (κ3) is 4.71. The summed E-state index contributed by atoms with van der Waals surface area (Å²) < 4.78 is 28.1. The van der Waals surface area contributed by atoms with Gasteiger partial charge in [-0.1, -0.05) is 0 Å².